The quantitative estimate of drug-likeness (QED) is 0.735. The van der Waals surface area contributed by atoms with E-state index in [1.807, 2.05) is 29.2 Å². The van der Waals surface area contributed by atoms with Crippen LogP contribution < -0.4 is 5.32 Å². The van der Waals surface area contributed by atoms with Gasteiger partial charge in [0.15, 0.2) is 0 Å². The molecule has 0 atom stereocenters. The topological polar surface area (TPSA) is 77.7 Å². The summed E-state index contributed by atoms with van der Waals surface area (Å²) in [5.74, 6) is 0.454. The first-order valence-corrected chi connectivity index (χ1v) is 11.1. The standard InChI is InChI=1S/C22H29ClN4O3/c23-18-1-2-19-17(14-18)15-20(25-19)22(29)27-6-3-16(4-7-27)13-21(28)24-5-8-26-9-11-30-12-10-26/h1-2,14-16,25H,3-13H2,(H,24,28). The number of morpholine rings is 1. The third-order valence-electron chi connectivity index (χ3n) is 6.04. The molecule has 0 bridgehead atoms. The van der Waals surface area contributed by atoms with Gasteiger partial charge in [-0.2, -0.15) is 0 Å². The maximum atomic E-state index is 12.8. The highest BCUT2D eigenvalue weighted by Gasteiger charge is 2.26. The summed E-state index contributed by atoms with van der Waals surface area (Å²) in [5, 5.41) is 4.64. The number of hydrogen-bond acceptors (Lipinski definition) is 4. The van der Waals surface area contributed by atoms with Gasteiger partial charge < -0.3 is 19.9 Å². The molecule has 2 aliphatic heterocycles. The molecule has 8 heteroatoms. The zero-order valence-electron chi connectivity index (χ0n) is 17.2. The van der Waals surface area contributed by atoms with Gasteiger partial charge in [-0.3, -0.25) is 14.5 Å². The minimum atomic E-state index is 0.00994. The second-order valence-electron chi connectivity index (χ2n) is 8.16. The second kappa shape index (κ2) is 9.81. The van der Waals surface area contributed by atoms with Crippen molar-refractivity contribution >= 4 is 34.3 Å². The first-order valence-electron chi connectivity index (χ1n) is 10.7. The van der Waals surface area contributed by atoms with Gasteiger partial charge in [0.2, 0.25) is 5.91 Å². The van der Waals surface area contributed by atoms with E-state index in [0.29, 0.717) is 42.7 Å². The van der Waals surface area contributed by atoms with E-state index in [2.05, 4.69) is 15.2 Å². The van der Waals surface area contributed by atoms with E-state index >= 15 is 0 Å². The van der Waals surface area contributed by atoms with Crippen molar-refractivity contribution in [3.8, 4) is 0 Å². The van der Waals surface area contributed by atoms with E-state index in [1.54, 1.807) is 0 Å². The number of piperidine rings is 1. The summed E-state index contributed by atoms with van der Waals surface area (Å²) in [4.78, 5) is 32.5. The van der Waals surface area contributed by atoms with Crippen molar-refractivity contribution in [3.63, 3.8) is 0 Å². The van der Waals surface area contributed by atoms with E-state index in [9.17, 15) is 9.59 Å². The first-order chi connectivity index (χ1) is 14.6. The Labute approximate surface area is 181 Å². The van der Waals surface area contributed by atoms with Crippen LogP contribution in [-0.4, -0.2) is 79.1 Å². The van der Waals surface area contributed by atoms with Gasteiger partial charge in [0.25, 0.3) is 5.91 Å². The van der Waals surface area contributed by atoms with Crippen molar-refractivity contribution in [2.24, 2.45) is 5.92 Å². The normalized spacial score (nSPS) is 18.6. The molecule has 1 aromatic carbocycles. The number of aromatic amines is 1. The summed E-state index contributed by atoms with van der Waals surface area (Å²) < 4.78 is 5.34. The van der Waals surface area contributed by atoms with Gasteiger partial charge in [0.1, 0.15) is 5.69 Å². The Morgan fingerprint density at radius 1 is 1.13 bits per heavy atom. The fourth-order valence-corrected chi connectivity index (χ4v) is 4.42. The number of aromatic nitrogens is 1. The number of H-pyrrole nitrogens is 1. The second-order valence-corrected chi connectivity index (χ2v) is 8.59. The lowest BCUT2D eigenvalue weighted by molar-refractivity contribution is -0.122. The minimum absolute atomic E-state index is 0.00994. The van der Waals surface area contributed by atoms with Crippen molar-refractivity contribution in [2.45, 2.75) is 19.3 Å². The molecule has 3 heterocycles. The highest BCUT2D eigenvalue weighted by molar-refractivity contribution is 6.31. The summed E-state index contributed by atoms with van der Waals surface area (Å²) >= 11 is 6.04. The molecule has 4 rings (SSSR count). The molecule has 2 saturated heterocycles. The van der Waals surface area contributed by atoms with Crippen LogP contribution in [0.3, 0.4) is 0 Å². The van der Waals surface area contributed by atoms with Gasteiger partial charge in [-0.15, -0.1) is 0 Å². The SMILES string of the molecule is O=C(CC1CCN(C(=O)c2cc3cc(Cl)ccc3[nH]2)CC1)NCCN1CCOCC1. The summed E-state index contributed by atoms with van der Waals surface area (Å²) in [6.07, 6.45) is 2.25. The maximum Gasteiger partial charge on any atom is 0.270 e. The molecule has 2 N–H and O–H groups in total. The van der Waals surface area contributed by atoms with Crippen LogP contribution in [0.4, 0.5) is 0 Å². The van der Waals surface area contributed by atoms with E-state index in [4.69, 9.17) is 16.3 Å². The van der Waals surface area contributed by atoms with Crippen LogP contribution in [-0.2, 0) is 9.53 Å². The molecule has 2 fully saturated rings. The molecular weight excluding hydrogens is 404 g/mol. The number of amides is 2. The van der Waals surface area contributed by atoms with Gasteiger partial charge in [-0.1, -0.05) is 11.6 Å². The summed E-state index contributed by atoms with van der Waals surface area (Å²) in [6, 6.07) is 7.41. The monoisotopic (exact) mass is 432 g/mol. The van der Waals surface area contributed by atoms with Crippen molar-refractivity contribution in [1.82, 2.24) is 20.1 Å². The predicted molar refractivity (Wildman–Crippen MR) is 117 cm³/mol. The number of ether oxygens (including phenoxy) is 1. The molecule has 0 aliphatic carbocycles. The molecule has 2 amide bonds. The van der Waals surface area contributed by atoms with Crippen LogP contribution in [0.25, 0.3) is 10.9 Å². The zero-order chi connectivity index (χ0) is 20.9. The summed E-state index contributed by atoms with van der Waals surface area (Å²) in [7, 11) is 0. The number of carbonyl (C=O) groups is 2. The molecule has 0 spiro atoms. The van der Waals surface area contributed by atoms with Gasteiger partial charge in [0.05, 0.1) is 13.2 Å². The Morgan fingerprint density at radius 2 is 1.90 bits per heavy atom. The van der Waals surface area contributed by atoms with Gasteiger partial charge >= 0.3 is 0 Å². The van der Waals surface area contributed by atoms with E-state index in [-0.39, 0.29) is 11.8 Å². The average molecular weight is 433 g/mol. The number of halogens is 1. The minimum Gasteiger partial charge on any atom is -0.379 e. The molecule has 2 aromatic rings. The molecule has 7 nitrogen and oxygen atoms in total. The van der Waals surface area contributed by atoms with Crippen LogP contribution in [0.15, 0.2) is 24.3 Å². The lowest BCUT2D eigenvalue weighted by Crippen LogP contribution is -2.42. The van der Waals surface area contributed by atoms with Crippen molar-refractivity contribution in [1.29, 1.82) is 0 Å². The highest BCUT2D eigenvalue weighted by atomic mass is 35.5. The molecule has 0 saturated carbocycles. The van der Waals surface area contributed by atoms with Crippen LogP contribution in [0, 0.1) is 5.92 Å². The molecular formula is C22H29ClN4O3. The fourth-order valence-electron chi connectivity index (χ4n) is 4.24. The van der Waals surface area contributed by atoms with E-state index in [0.717, 1.165) is 56.6 Å². The lowest BCUT2D eigenvalue weighted by Gasteiger charge is -2.31. The average Bonchev–Trinajstić information content (AvgIpc) is 3.18. The molecule has 0 radical (unpaired) electrons. The van der Waals surface area contributed by atoms with Crippen molar-refractivity contribution < 1.29 is 14.3 Å². The van der Waals surface area contributed by atoms with Crippen LogP contribution in [0.1, 0.15) is 29.8 Å². The number of nitrogens with one attached hydrogen (secondary N) is 2. The number of carbonyl (C=O) groups excluding carboxylic acids is 2. The zero-order valence-corrected chi connectivity index (χ0v) is 17.9. The van der Waals surface area contributed by atoms with Gasteiger partial charge in [-0.25, -0.2) is 0 Å². The summed E-state index contributed by atoms with van der Waals surface area (Å²) in [6.45, 7) is 6.34. The van der Waals surface area contributed by atoms with E-state index in [1.165, 1.54) is 0 Å². The molecule has 1 aromatic heterocycles. The Bertz CT molecular complexity index is 886. The predicted octanol–water partition coefficient (Wildman–Crippen LogP) is 2.51. The van der Waals surface area contributed by atoms with E-state index < -0.39 is 0 Å². The van der Waals surface area contributed by atoms with Crippen molar-refractivity contribution in [3.05, 3.63) is 35.0 Å². The first kappa shape index (κ1) is 21.2. The smallest absolute Gasteiger partial charge is 0.270 e. The molecule has 30 heavy (non-hydrogen) atoms. The number of fused-ring (bicyclic) bond motifs is 1. The number of rotatable bonds is 6. The highest BCUT2D eigenvalue weighted by Crippen LogP contribution is 2.24. The third kappa shape index (κ3) is 5.33. The van der Waals surface area contributed by atoms with Gasteiger partial charge in [-0.05, 0) is 43.0 Å². The largest absolute Gasteiger partial charge is 0.379 e. The van der Waals surface area contributed by atoms with Gasteiger partial charge in [0, 0.05) is 61.6 Å². The van der Waals surface area contributed by atoms with Crippen LogP contribution >= 0.6 is 11.6 Å². The number of hydrogen-bond donors (Lipinski definition) is 2. The molecule has 2 aliphatic rings. The molecule has 0 unspecified atom stereocenters. The lowest BCUT2D eigenvalue weighted by atomic mass is 9.93. The number of likely N-dealkylation sites (tertiary alicyclic amines) is 1. The maximum absolute atomic E-state index is 12.8. The number of benzene rings is 1. The van der Waals surface area contributed by atoms with Crippen molar-refractivity contribution in [2.75, 3.05) is 52.5 Å². The summed E-state index contributed by atoms with van der Waals surface area (Å²) in [5.41, 5.74) is 1.50. The van der Waals surface area contributed by atoms with Crippen LogP contribution in [0.2, 0.25) is 5.02 Å². The fraction of sp³-hybridized carbons (Fsp3) is 0.545. The molecule has 162 valence electrons. The Morgan fingerprint density at radius 3 is 2.67 bits per heavy atom. The Balaban J connectivity index is 1.20. The Hall–Kier alpha value is -2.09. The third-order valence-corrected chi connectivity index (χ3v) is 6.28. The van der Waals surface area contributed by atoms with Crippen LogP contribution in [0.5, 0.6) is 0 Å². The number of nitrogens with zero attached hydrogens (tertiary/aromatic N) is 2. The Kier molecular flexibility index (Phi) is 6.92.